The average Bonchev–Trinajstić information content (AvgIpc) is 3.67. The third kappa shape index (κ3) is 5.60. The van der Waals surface area contributed by atoms with Crippen molar-refractivity contribution in [1.82, 2.24) is 14.3 Å². The highest BCUT2D eigenvalue weighted by Gasteiger charge is 2.38. The van der Waals surface area contributed by atoms with Crippen molar-refractivity contribution < 1.29 is 32.7 Å². The number of nitriles is 1. The number of benzene rings is 4. The number of aromatic nitrogens is 2. The summed E-state index contributed by atoms with van der Waals surface area (Å²) in [6, 6.07) is 24.4. The summed E-state index contributed by atoms with van der Waals surface area (Å²) in [4.78, 5) is 56.1. The third-order valence-electron chi connectivity index (χ3n) is 7.77. The Bertz CT molecular complexity index is 2300. The number of imidazole rings is 1. The van der Waals surface area contributed by atoms with Crippen molar-refractivity contribution in [1.29, 1.82) is 5.26 Å². The van der Waals surface area contributed by atoms with Crippen LogP contribution in [0.15, 0.2) is 102 Å². The first kappa shape index (κ1) is 30.8. The third-order valence-corrected chi connectivity index (χ3v) is 9.61. The zero-order chi connectivity index (χ0) is 33.5. The molecule has 5 aromatic rings. The van der Waals surface area contributed by atoms with Gasteiger partial charge >= 0.3 is 5.97 Å². The highest BCUT2D eigenvalue weighted by atomic mass is 32.2. The van der Waals surface area contributed by atoms with Crippen LogP contribution in [0.25, 0.3) is 22.4 Å². The summed E-state index contributed by atoms with van der Waals surface area (Å²) in [5, 5.41) is 17.7. The number of fused-ring (bicyclic) bond motifs is 4. The summed E-state index contributed by atoms with van der Waals surface area (Å²) in [6.07, 6.45) is 1.93. The Morgan fingerprint density at radius 2 is 1.57 bits per heavy atom. The summed E-state index contributed by atoms with van der Waals surface area (Å²) >= 11 is 0. The van der Waals surface area contributed by atoms with Crippen LogP contribution < -0.4 is 0 Å². The molecule has 47 heavy (non-hydrogen) atoms. The first-order valence-corrected chi connectivity index (χ1v) is 15.7. The molecule has 2 heterocycles. The molecule has 0 saturated heterocycles. The lowest BCUT2D eigenvalue weighted by Gasteiger charge is -2.23. The number of aliphatic carboxylic acids is 1. The lowest BCUT2D eigenvalue weighted by molar-refractivity contribution is -0.137. The fourth-order valence-corrected chi connectivity index (χ4v) is 6.96. The van der Waals surface area contributed by atoms with Gasteiger partial charge < -0.3 is 10.1 Å². The molecule has 232 valence electrons. The molecule has 0 fully saturated rings. The normalized spacial score (nSPS) is 15.1. The molecule has 0 bridgehead atoms. The molecule has 1 aliphatic carbocycles. The van der Waals surface area contributed by atoms with Gasteiger partial charge in [0.1, 0.15) is 11.3 Å². The predicted octanol–water partition coefficient (Wildman–Crippen LogP) is 4.80. The molecule has 1 atom stereocenters. The average molecular weight is 645 g/mol. The molecule has 7 rings (SSSR count). The van der Waals surface area contributed by atoms with E-state index in [9.17, 15) is 27.6 Å². The first-order chi connectivity index (χ1) is 22.5. The molecule has 0 spiro atoms. The van der Waals surface area contributed by atoms with E-state index in [2.05, 4.69) is 16.0 Å². The molecule has 1 aromatic heterocycles. The van der Waals surface area contributed by atoms with Crippen LogP contribution in [0.2, 0.25) is 0 Å². The zero-order valence-electron chi connectivity index (χ0n) is 24.7. The topological polar surface area (TPSA) is 178 Å². The van der Waals surface area contributed by atoms with E-state index in [1.165, 1.54) is 18.2 Å². The largest absolute Gasteiger partial charge is 0.481 e. The van der Waals surface area contributed by atoms with Crippen molar-refractivity contribution in [2.75, 3.05) is 0 Å². The summed E-state index contributed by atoms with van der Waals surface area (Å²) in [5.41, 5.74) is 4.97. The Morgan fingerprint density at radius 1 is 0.915 bits per heavy atom. The molecule has 1 unspecified atom stereocenters. The number of carboxylic acid groups (broad SMARTS) is 1. The molecule has 1 aliphatic heterocycles. The Hall–Kier alpha value is -6.19. The van der Waals surface area contributed by atoms with Gasteiger partial charge in [0, 0.05) is 28.3 Å². The van der Waals surface area contributed by atoms with Crippen LogP contribution >= 0.6 is 0 Å². The molecule has 0 saturated carbocycles. The smallest absolute Gasteiger partial charge is 0.305 e. The van der Waals surface area contributed by atoms with E-state index in [4.69, 9.17) is 10.4 Å². The number of H-pyrrole nitrogens is 1. The van der Waals surface area contributed by atoms with Crippen molar-refractivity contribution in [3.63, 3.8) is 0 Å². The Balaban J connectivity index is 0.000000173. The van der Waals surface area contributed by atoms with E-state index < -0.39 is 34.4 Å². The summed E-state index contributed by atoms with van der Waals surface area (Å²) in [5.74, 6) is -1.66. The standard InChI is InChI=1S/C22H11N3O2.C13H13NO5S/c23-11-12-5-7-13(8-6-12)22-24-17-10-9-16-18(19(17)25-22)21(27)15-4-2-1-3-14(15)20(16)26;1-9-2-5-11(6-3-9)20(18,19)14-10(8-13(16)17)4-7-12(14)15/h1-10H,(H,24,25);2-7,10H,8H2,1H3,(H,16,17). The van der Waals surface area contributed by atoms with E-state index in [0.29, 0.717) is 49.0 Å². The van der Waals surface area contributed by atoms with E-state index in [-0.39, 0.29) is 16.5 Å². The maximum absolute atomic E-state index is 13.1. The number of rotatable bonds is 5. The van der Waals surface area contributed by atoms with Crippen molar-refractivity contribution in [3.05, 3.63) is 130 Å². The number of carbonyl (C=O) groups excluding carboxylic acids is 3. The van der Waals surface area contributed by atoms with Crippen molar-refractivity contribution in [3.8, 4) is 17.5 Å². The molecular weight excluding hydrogens is 620 g/mol. The number of sulfonamides is 1. The molecule has 1 amide bonds. The molecular formula is C35H24N4O7S. The second-order valence-corrected chi connectivity index (χ2v) is 12.7. The number of nitrogens with zero attached hydrogens (tertiary/aromatic N) is 3. The number of nitrogens with one attached hydrogen (secondary N) is 1. The minimum absolute atomic E-state index is 0.0319. The first-order valence-electron chi connectivity index (χ1n) is 14.3. The Labute approximate surface area is 268 Å². The van der Waals surface area contributed by atoms with Gasteiger partial charge in [-0.05, 0) is 55.5 Å². The fraction of sp³-hybridized carbons (Fsp3) is 0.0857. The van der Waals surface area contributed by atoms with E-state index >= 15 is 0 Å². The van der Waals surface area contributed by atoms with Gasteiger partial charge in [0.05, 0.1) is 40.1 Å². The van der Waals surface area contributed by atoms with Crippen LogP contribution in [-0.2, 0) is 19.6 Å². The van der Waals surface area contributed by atoms with Crippen molar-refractivity contribution in [2.45, 2.75) is 24.3 Å². The van der Waals surface area contributed by atoms with Crippen molar-refractivity contribution in [2.24, 2.45) is 0 Å². The Kier molecular flexibility index (Phi) is 7.84. The second kappa shape index (κ2) is 12.0. The van der Waals surface area contributed by atoms with Crippen molar-refractivity contribution >= 4 is 44.5 Å². The van der Waals surface area contributed by atoms with Crippen LogP contribution in [0, 0.1) is 18.3 Å². The molecule has 12 heteroatoms. The highest BCUT2D eigenvalue weighted by Crippen LogP contribution is 2.33. The summed E-state index contributed by atoms with van der Waals surface area (Å²) in [6.45, 7) is 1.81. The lowest BCUT2D eigenvalue weighted by atomic mass is 9.83. The minimum Gasteiger partial charge on any atom is -0.481 e. The molecule has 2 aliphatic rings. The lowest BCUT2D eigenvalue weighted by Crippen LogP contribution is -2.40. The number of hydrogen-bond acceptors (Lipinski definition) is 8. The maximum atomic E-state index is 13.1. The SMILES string of the molecule is Cc1ccc(S(=O)(=O)N2C(=O)C=CC2CC(=O)O)cc1.N#Cc1ccc(-c2nc3c4c(ccc3[nH]2)C(=O)c2ccccc2C4=O)cc1. The number of hydrogen-bond donors (Lipinski definition) is 2. The van der Waals surface area contributed by atoms with Gasteiger partial charge in [-0.25, -0.2) is 17.7 Å². The molecule has 2 N–H and O–H groups in total. The highest BCUT2D eigenvalue weighted by molar-refractivity contribution is 7.89. The summed E-state index contributed by atoms with van der Waals surface area (Å²) < 4.78 is 25.5. The van der Waals surface area contributed by atoms with Gasteiger partial charge in [-0.3, -0.25) is 19.2 Å². The van der Waals surface area contributed by atoms with E-state index in [0.717, 1.165) is 17.2 Å². The number of ketones is 2. The van der Waals surface area contributed by atoms with Gasteiger partial charge in [0.15, 0.2) is 11.6 Å². The zero-order valence-corrected chi connectivity index (χ0v) is 25.5. The van der Waals surface area contributed by atoms with Crippen LogP contribution in [-0.4, -0.2) is 57.3 Å². The number of aromatic amines is 1. The number of amides is 1. The van der Waals surface area contributed by atoms with Gasteiger partial charge in [-0.2, -0.15) is 5.26 Å². The second-order valence-electron chi connectivity index (χ2n) is 10.8. The maximum Gasteiger partial charge on any atom is 0.305 e. The van der Waals surface area contributed by atoms with Crippen LogP contribution in [0.4, 0.5) is 0 Å². The molecule has 4 aromatic carbocycles. The molecule has 0 radical (unpaired) electrons. The minimum atomic E-state index is -4.04. The van der Waals surface area contributed by atoms with Crippen LogP contribution in [0.5, 0.6) is 0 Å². The van der Waals surface area contributed by atoms with Crippen LogP contribution in [0.3, 0.4) is 0 Å². The van der Waals surface area contributed by atoms with Crippen LogP contribution in [0.1, 0.15) is 49.4 Å². The van der Waals surface area contributed by atoms with Gasteiger partial charge in [-0.1, -0.05) is 48.0 Å². The van der Waals surface area contributed by atoms with E-state index in [1.807, 2.05) is 6.92 Å². The van der Waals surface area contributed by atoms with Gasteiger partial charge in [-0.15, -0.1) is 0 Å². The quantitative estimate of drug-likeness (QED) is 0.267. The summed E-state index contributed by atoms with van der Waals surface area (Å²) in [7, 11) is -4.04. The van der Waals surface area contributed by atoms with Gasteiger partial charge in [0.25, 0.3) is 15.9 Å². The number of carbonyl (C=O) groups is 4. The molecule has 11 nitrogen and oxygen atoms in total. The fourth-order valence-electron chi connectivity index (χ4n) is 5.45. The monoisotopic (exact) mass is 644 g/mol. The van der Waals surface area contributed by atoms with Gasteiger partial charge in [0.2, 0.25) is 0 Å². The number of carboxylic acids is 1. The number of aryl methyl sites for hydroxylation is 1. The Morgan fingerprint density at radius 3 is 2.21 bits per heavy atom. The van der Waals surface area contributed by atoms with E-state index in [1.54, 1.807) is 72.8 Å². The predicted molar refractivity (Wildman–Crippen MR) is 170 cm³/mol.